The first-order chi connectivity index (χ1) is 18.9. The van der Waals surface area contributed by atoms with Gasteiger partial charge in [-0.05, 0) is 53.1 Å². The summed E-state index contributed by atoms with van der Waals surface area (Å²) >= 11 is 12.8. The number of aromatic nitrogens is 6. The molecule has 0 saturated carbocycles. The molecule has 10 nitrogen and oxygen atoms in total. The Labute approximate surface area is 234 Å². The molecule has 12 heteroatoms. The molecule has 0 aliphatic carbocycles. The van der Waals surface area contributed by atoms with Crippen molar-refractivity contribution in [1.29, 1.82) is 0 Å². The number of H-pyrrole nitrogens is 1. The fraction of sp³-hybridized carbons (Fsp3) is 0.259. The average Bonchev–Trinajstić information content (AvgIpc) is 3.57. The first-order valence-corrected chi connectivity index (χ1v) is 13.3. The van der Waals surface area contributed by atoms with Gasteiger partial charge in [0.05, 0.1) is 17.4 Å². The van der Waals surface area contributed by atoms with Crippen molar-refractivity contribution in [2.45, 2.75) is 38.6 Å². The predicted molar refractivity (Wildman–Crippen MR) is 149 cm³/mol. The Hall–Kier alpha value is -4.02. The molecule has 1 aliphatic heterocycles. The molecule has 2 amide bonds. The Bertz CT molecular complexity index is 1520. The molecule has 0 spiro atoms. The van der Waals surface area contributed by atoms with Crippen LogP contribution in [-0.2, 0) is 9.59 Å². The second kappa shape index (κ2) is 11.8. The summed E-state index contributed by atoms with van der Waals surface area (Å²) in [5.74, 6) is 0.350. The lowest BCUT2D eigenvalue weighted by molar-refractivity contribution is -0.117. The minimum absolute atomic E-state index is 0.0573. The number of rotatable bonds is 4. The number of carbonyl (C=O) groups excluding carboxylic acids is 2. The first-order valence-electron chi connectivity index (χ1n) is 12.5. The molecule has 5 rings (SSSR count). The van der Waals surface area contributed by atoms with Crippen molar-refractivity contribution < 1.29 is 9.59 Å². The number of amides is 2. The van der Waals surface area contributed by atoms with Gasteiger partial charge in [0.15, 0.2) is 0 Å². The van der Waals surface area contributed by atoms with Gasteiger partial charge in [-0.2, -0.15) is 4.68 Å². The van der Waals surface area contributed by atoms with E-state index in [1.54, 1.807) is 24.3 Å². The Morgan fingerprint density at radius 1 is 1.18 bits per heavy atom. The second-order valence-electron chi connectivity index (χ2n) is 9.47. The molecule has 200 valence electrons. The highest BCUT2D eigenvalue weighted by Gasteiger charge is 2.23. The van der Waals surface area contributed by atoms with Crippen LogP contribution in [0.3, 0.4) is 0 Å². The molecule has 0 radical (unpaired) electrons. The standard InChI is InChI=1S/C27H26Cl2N8O2/c1-16-5-4-8-21(27-33-25(26(29)34-27)19-6-2-3-7-20(19)31-24(39)13-16)32-23(38)12-9-17-14-18(28)10-11-22(17)37-15-30-35-36-37/h2-3,6-7,9-12,14-16,21H,4-5,8,13H2,1H3,(H,31,39)(H,32,38)(H,33,34)/b12-9+/t16?,21-/m0/s1. The number of para-hydroxylation sites is 1. The van der Waals surface area contributed by atoms with Gasteiger partial charge in [0, 0.05) is 28.6 Å². The molecule has 0 fully saturated rings. The van der Waals surface area contributed by atoms with Gasteiger partial charge in [-0.15, -0.1) is 5.10 Å². The van der Waals surface area contributed by atoms with Gasteiger partial charge >= 0.3 is 0 Å². The molecule has 0 saturated heterocycles. The number of hydrogen-bond acceptors (Lipinski definition) is 6. The lowest BCUT2D eigenvalue weighted by Crippen LogP contribution is -2.28. The first kappa shape index (κ1) is 26.6. The summed E-state index contributed by atoms with van der Waals surface area (Å²) in [6, 6.07) is 12.2. The number of benzene rings is 2. The predicted octanol–water partition coefficient (Wildman–Crippen LogP) is 5.38. The SMILES string of the molecule is CC1CCC[C@H](NC(=O)/C=C/c2cc(Cl)ccc2-n2cnnn2)c2nc(c(Cl)[nH]2)-c2ccccc2NC(=O)C1. The molecule has 3 heterocycles. The fourth-order valence-electron chi connectivity index (χ4n) is 4.60. The number of nitrogens with zero attached hydrogens (tertiary/aromatic N) is 5. The molecule has 4 aromatic rings. The number of nitrogens with one attached hydrogen (secondary N) is 3. The Morgan fingerprint density at radius 2 is 2.03 bits per heavy atom. The summed E-state index contributed by atoms with van der Waals surface area (Å²) < 4.78 is 1.49. The van der Waals surface area contributed by atoms with Gasteiger partial charge in [0.25, 0.3) is 0 Å². The summed E-state index contributed by atoms with van der Waals surface area (Å²) in [5, 5.41) is 18.2. The Balaban J connectivity index is 1.42. The van der Waals surface area contributed by atoms with Crippen LogP contribution < -0.4 is 10.6 Å². The van der Waals surface area contributed by atoms with E-state index in [0.717, 1.165) is 12.8 Å². The number of fused-ring (bicyclic) bond motifs is 4. The van der Waals surface area contributed by atoms with Crippen molar-refractivity contribution in [1.82, 2.24) is 35.5 Å². The number of aromatic amines is 1. The minimum atomic E-state index is -0.421. The van der Waals surface area contributed by atoms with Gasteiger partial charge in [-0.25, -0.2) is 4.98 Å². The molecule has 1 unspecified atom stereocenters. The lowest BCUT2D eigenvalue weighted by Gasteiger charge is -2.17. The van der Waals surface area contributed by atoms with Crippen LogP contribution in [0.25, 0.3) is 23.0 Å². The third-order valence-corrected chi connectivity index (χ3v) is 7.01. The Morgan fingerprint density at radius 3 is 2.85 bits per heavy atom. The third kappa shape index (κ3) is 6.35. The van der Waals surface area contributed by atoms with Crippen LogP contribution in [0.5, 0.6) is 0 Å². The fourth-order valence-corrected chi connectivity index (χ4v) is 5.02. The van der Waals surface area contributed by atoms with Crippen LogP contribution in [0.1, 0.15) is 50.0 Å². The van der Waals surface area contributed by atoms with Gasteiger partial charge < -0.3 is 15.6 Å². The smallest absolute Gasteiger partial charge is 0.244 e. The summed E-state index contributed by atoms with van der Waals surface area (Å²) in [6.07, 6.45) is 7.17. The highest BCUT2D eigenvalue weighted by atomic mass is 35.5. The third-order valence-electron chi connectivity index (χ3n) is 6.50. The van der Waals surface area contributed by atoms with E-state index in [2.05, 4.69) is 38.1 Å². The van der Waals surface area contributed by atoms with Crippen LogP contribution in [0.4, 0.5) is 5.69 Å². The number of anilines is 1. The van der Waals surface area contributed by atoms with E-state index in [4.69, 9.17) is 28.2 Å². The van der Waals surface area contributed by atoms with Crippen molar-refractivity contribution in [2.75, 3.05) is 5.32 Å². The van der Waals surface area contributed by atoms with Crippen LogP contribution in [0.15, 0.2) is 54.9 Å². The quantitative estimate of drug-likeness (QED) is 0.285. The molecule has 2 aromatic carbocycles. The van der Waals surface area contributed by atoms with E-state index in [1.807, 2.05) is 24.3 Å². The summed E-state index contributed by atoms with van der Waals surface area (Å²) in [4.78, 5) is 33.7. The van der Waals surface area contributed by atoms with Crippen molar-refractivity contribution >= 4 is 46.8 Å². The van der Waals surface area contributed by atoms with E-state index in [9.17, 15) is 9.59 Å². The van der Waals surface area contributed by atoms with E-state index >= 15 is 0 Å². The van der Waals surface area contributed by atoms with E-state index in [-0.39, 0.29) is 17.7 Å². The van der Waals surface area contributed by atoms with Crippen LogP contribution in [0.2, 0.25) is 10.2 Å². The van der Waals surface area contributed by atoms with Crippen LogP contribution in [-0.4, -0.2) is 42.0 Å². The number of halogens is 2. The van der Waals surface area contributed by atoms with E-state index in [1.165, 1.54) is 17.1 Å². The molecule has 2 aromatic heterocycles. The zero-order valence-electron chi connectivity index (χ0n) is 21.1. The average molecular weight is 565 g/mol. The highest BCUT2D eigenvalue weighted by Crippen LogP contribution is 2.34. The van der Waals surface area contributed by atoms with Crippen molar-refractivity contribution in [3.8, 4) is 16.9 Å². The van der Waals surface area contributed by atoms with Crippen molar-refractivity contribution in [3.63, 3.8) is 0 Å². The second-order valence-corrected chi connectivity index (χ2v) is 10.3. The van der Waals surface area contributed by atoms with E-state index in [0.29, 0.717) is 57.0 Å². The van der Waals surface area contributed by atoms with E-state index < -0.39 is 6.04 Å². The summed E-state index contributed by atoms with van der Waals surface area (Å²) in [7, 11) is 0. The lowest BCUT2D eigenvalue weighted by atomic mass is 9.98. The normalized spacial score (nSPS) is 18.0. The van der Waals surface area contributed by atoms with Gasteiger partial charge in [-0.3, -0.25) is 9.59 Å². The maximum Gasteiger partial charge on any atom is 0.244 e. The summed E-state index contributed by atoms with van der Waals surface area (Å²) in [5.41, 5.74) is 3.19. The number of imidazole rings is 1. The molecule has 39 heavy (non-hydrogen) atoms. The van der Waals surface area contributed by atoms with Gasteiger partial charge in [-0.1, -0.05) is 61.2 Å². The minimum Gasteiger partial charge on any atom is -0.343 e. The maximum atomic E-state index is 13.1. The van der Waals surface area contributed by atoms with Crippen LogP contribution in [0, 0.1) is 5.92 Å². The molecule has 3 N–H and O–H groups in total. The molecule has 2 bridgehead atoms. The highest BCUT2D eigenvalue weighted by molar-refractivity contribution is 6.32. The zero-order valence-corrected chi connectivity index (χ0v) is 22.6. The summed E-state index contributed by atoms with van der Waals surface area (Å²) in [6.45, 7) is 2.05. The topological polar surface area (TPSA) is 130 Å². The van der Waals surface area contributed by atoms with Crippen molar-refractivity contribution in [2.24, 2.45) is 5.92 Å². The molecule has 2 atom stereocenters. The number of tetrazole rings is 1. The van der Waals surface area contributed by atoms with Gasteiger partial charge in [0.1, 0.15) is 23.0 Å². The maximum absolute atomic E-state index is 13.1. The zero-order chi connectivity index (χ0) is 27.4. The molecule has 1 aliphatic rings. The monoisotopic (exact) mass is 564 g/mol. The molecular formula is C27H26Cl2N8O2. The van der Waals surface area contributed by atoms with Gasteiger partial charge in [0.2, 0.25) is 11.8 Å². The number of carbonyl (C=O) groups is 2. The number of hydrogen-bond donors (Lipinski definition) is 3. The Kier molecular flexibility index (Phi) is 8.04. The van der Waals surface area contributed by atoms with Crippen molar-refractivity contribution in [3.05, 3.63) is 76.4 Å². The van der Waals surface area contributed by atoms with Crippen LogP contribution >= 0.6 is 23.2 Å². The largest absolute Gasteiger partial charge is 0.343 e. The molecular weight excluding hydrogens is 539 g/mol.